The molecule has 530 valence electrons. The van der Waals surface area contributed by atoms with E-state index < -0.39 is 137 Å². The Hall–Kier alpha value is -8.66. The monoisotopic (exact) mass is 1400 g/mol. The third-order valence-electron chi connectivity index (χ3n) is 19.1. The molecule has 5 aromatic rings. The number of thioether (sulfide) groups is 2. The highest BCUT2D eigenvalue weighted by molar-refractivity contribution is 7.98. The number of methoxy groups -OCH3 is 1. The van der Waals surface area contributed by atoms with Gasteiger partial charge in [0, 0.05) is 91.9 Å². The summed E-state index contributed by atoms with van der Waals surface area (Å²) in [6.07, 6.45) is 3.93. The van der Waals surface area contributed by atoms with Crippen LogP contribution >= 0.6 is 23.5 Å². The average molecular weight is 1400 g/mol. The van der Waals surface area contributed by atoms with Crippen LogP contribution in [0.3, 0.4) is 0 Å². The number of unbranched alkanes of at least 4 members (excludes halogenated alkanes) is 1. The number of fused-ring (bicyclic) bond motifs is 6. The smallest absolute Gasteiger partial charge is 0.246 e. The molecule has 0 spiro atoms. The number of carbonyl (C=O) groups is 10. The molecular weight excluding hydrogens is 1310 g/mol. The summed E-state index contributed by atoms with van der Waals surface area (Å²) in [6.45, 7) is 4.99. The van der Waals surface area contributed by atoms with Crippen molar-refractivity contribution in [3.63, 3.8) is 0 Å². The fourth-order valence-corrected chi connectivity index (χ4v) is 15.2. The topological polar surface area (TPSA) is 347 Å². The predicted octanol–water partition coefficient (Wildman–Crippen LogP) is 5.06. The number of ether oxygens (including phenoxy) is 1. The molecule has 4 aromatic carbocycles. The van der Waals surface area contributed by atoms with E-state index in [4.69, 9.17) is 16.2 Å². The molecule has 9 amide bonds. The Bertz CT molecular complexity index is 3840. The number of benzene rings is 4. The molecule has 2 bridgehead atoms. The number of hydrogen-bond acceptors (Lipinski definition) is 15. The maximum Gasteiger partial charge on any atom is 0.246 e. The number of Topliss-reactive ketones (excluding diaryl/α,β-unsaturated/α-hetero) is 1. The van der Waals surface area contributed by atoms with E-state index in [9.17, 15) is 43.1 Å². The van der Waals surface area contributed by atoms with Crippen molar-refractivity contribution in [1.82, 2.24) is 46.7 Å². The van der Waals surface area contributed by atoms with Crippen LogP contribution in [0.25, 0.3) is 16.5 Å². The van der Waals surface area contributed by atoms with E-state index in [0.29, 0.717) is 89.1 Å². The first-order chi connectivity index (χ1) is 47.4. The van der Waals surface area contributed by atoms with Gasteiger partial charge < -0.3 is 68.0 Å². The molecule has 0 radical (unpaired) electrons. The summed E-state index contributed by atoms with van der Waals surface area (Å²) in [4.78, 5) is 152. The number of nitrogens with zero attached hydrogens (tertiary/aromatic N) is 2. The highest BCUT2D eigenvalue weighted by Crippen LogP contribution is 2.35. The minimum atomic E-state index is -1.54. The number of allylic oxidation sites excluding steroid dienone is 1. The molecule has 4 aliphatic rings. The lowest BCUT2D eigenvalue weighted by atomic mass is 9.90. The molecule has 3 aliphatic heterocycles. The maximum absolute atomic E-state index is 15.5. The van der Waals surface area contributed by atoms with E-state index in [1.807, 2.05) is 30.3 Å². The number of hydrogen-bond donors (Lipinski definition) is 10. The number of H-pyrrole nitrogens is 1. The van der Waals surface area contributed by atoms with Crippen molar-refractivity contribution < 1.29 is 66.6 Å². The summed E-state index contributed by atoms with van der Waals surface area (Å²) < 4.78 is 35.7. The van der Waals surface area contributed by atoms with Gasteiger partial charge in [-0.1, -0.05) is 48.5 Å². The minimum Gasteiger partial charge on any atom is -0.508 e. The second kappa shape index (κ2) is 34.4. The Kier molecular flexibility index (Phi) is 25.9. The first-order valence-electron chi connectivity index (χ1n) is 33.7. The zero-order chi connectivity index (χ0) is 71.1. The Balaban J connectivity index is 1.05. The molecular formula is C72H89F2N11O12S2. The number of primary amides is 1. The van der Waals surface area contributed by atoms with E-state index in [0.717, 1.165) is 16.7 Å². The number of phenolic OH excluding ortho intramolecular Hbond substituents is 1. The predicted molar refractivity (Wildman–Crippen MR) is 373 cm³/mol. The summed E-state index contributed by atoms with van der Waals surface area (Å²) in [5, 5.41) is 27.6. The molecule has 0 unspecified atom stereocenters. The Morgan fingerprint density at radius 2 is 1.48 bits per heavy atom. The molecule has 1 aromatic heterocycles. The van der Waals surface area contributed by atoms with Crippen LogP contribution in [-0.2, 0) is 83.5 Å². The second-order valence-electron chi connectivity index (χ2n) is 26.2. The molecule has 27 heteroatoms. The van der Waals surface area contributed by atoms with E-state index in [-0.39, 0.29) is 69.5 Å². The molecule has 2 saturated heterocycles. The number of aromatic amines is 1. The summed E-state index contributed by atoms with van der Waals surface area (Å²) in [5.41, 5.74) is 15.4. The number of nitrogens with two attached hydrogens (primary N) is 2. The summed E-state index contributed by atoms with van der Waals surface area (Å²) >= 11 is 2.86. The van der Waals surface area contributed by atoms with Crippen molar-refractivity contribution in [1.29, 1.82) is 0 Å². The molecule has 99 heavy (non-hydrogen) atoms. The van der Waals surface area contributed by atoms with Crippen molar-refractivity contribution in [2.24, 2.45) is 17.4 Å². The normalized spacial score (nSPS) is 25.2. The fraction of sp³-hybridized carbons (Fsp3) is 0.472. The van der Waals surface area contributed by atoms with Gasteiger partial charge >= 0.3 is 0 Å². The van der Waals surface area contributed by atoms with Crippen molar-refractivity contribution in [3.05, 3.63) is 142 Å². The van der Waals surface area contributed by atoms with Crippen LogP contribution in [0.15, 0.2) is 97.2 Å². The molecule has 4 heterocycles. The summed E-state index contributed by atoms with van der Waals surface area (Å²) in [6, 6.07) is 13.0. The standard InChI is InChI=1S/C72H89F2N11O12S2/c1-41-61(87)34-48(32-49-37-77-55-23-20-51(74)36-54(49)55)65(90)80-58(33-47-17-16-46-18-19-50(73)35-53(46)47)69(94)84-27-8-13-60(84)67(92)83-63(42(2)97-4)68(93)81-57(31-43-14-21-52(86)22-15-43)70(95)85-28-9-25-72(85,3)71(96)82-59(64(76)89)40-99-39-45-11-7-10-44(30-45)38-98-29-24-62(88)79-56(66(91)78-41)12-5-6-26-75/h7,10-11,14-15,17-23,30,35-37,41-42,48,56-60,63,77,86H,5-6,8-9,12-13,16,24-29,31-34,38-40,75H2,1-4H3,(H2,76,89)(H,78,91)(H,79,88)(H,80,90)(H,81,93)(H,82,96)(H,83,92)/t41-,42+,48-,56+,57+,58+,59+,60+,63+,72+/m1/s1. The van der Waals surface area contributed by atoms with Crippen LogP contribution < -0.4 is 43.4 Å². The minimum absolute atomic E-state index is 0.00955. The van der Waals surface area contributed by atoms with Crippen LogP contribution in [0.1, 0.15) is 118 Å². The van der Waals surface area contributed by atoms with Gasteiger partial charge in [-0.05, 0) is 167 Å². The average Bonchev–Trinajstić information content (AvgIpc) is 1.71. The largest absolute Gasteiger partial charge is 0.508 e. The van der Waals surface area contributed by atoms with E-state index in [1.165, 1.54) is 96.7 Å². The van der Waals surface area contributed by atoms with Crippen molar-refractivity contribution in [3.8, 4) is 5.75 Å². The molecule has 0 saturated carbocycles. The van der Waals surface area contributed by atoms with Crippen molar-refractivity contribution in [2.75, 3.05) is 38.2 Å². The number of ketones is 1. The van der Waals surface area contributed by atoms with Crippen LogP contribution in [0.4, 0.5) is 8.78 Å². The zero-order valence-electron chi connectivity index (χ0n) is 56.1. The van der Waals surface area contributed by atoms with Crippen molar-refractivity contribution in [2.45, 2.75) is 170 Å². The molecule has 9 rings (SSSR count). The number of aromatic hydroxyl groups is 1. The number of phenols is 1. The van der Waals surface area contributed by atoms with Gasteiger partial charge in [-0.2, -0.15) is 23.5 Å². The lowest BCUT2D eigenvalue weighted by molar-refractivity contribution is -0.147. The molecule has 23 nitrogen and oxygen atoms in total. The van der Waals surface area contributed by atoms with Crippen molar-refractivity contribution >= 4 is 98.9 Å². The Morgan fingerprint density at radius 3 is 2.22 bits per heavy atom. The first-order valence-corrected chi connectivity index (χ1v) is 36.0. The van der Waals surface area contributed by atoms with Gasteiger partial charge in [0.05, 0.1) is 12.1 Å². The quantitative estimate of drug-likeness (QED) is 0.0689. The summed E-state index contributed by atoms with van der Waals surface area (Å²) in [7, 11) is 1.32. The number of nitrogens with one attached hydrogen (secondary N) is 7. The third-order valence-corrected chi connectivity index (χ3v) is 21.2. The maximum atomic E-state index is 15.5. The van der Waals surface area contributed by atoms with Gasteiger partial charge in [-0.3, -0.25) is 47.9 Å². The lowest BCUT2D eigenvalue weighted by Crippen LogP contribution is -2.64. The summed E-state index contributed by atoms with van der Waals surface area (Å²) in [5.74, 6) is -7.90. The molecule has 2 fully saturated rings. The fourth-order valence-electron chi connectivity index (χ4n) is 13.3. The van der Waals surface area contributed by atoms with Crippen LogP contribution in [0, 0.1) is 17.6 Å². The van der Waals surface area contributed by atoms with Crippen LogP contribution in [0.5, 0.6) is 5.75 Å². The number of amides is 9. The second-order valence-corrected chi connectivity index (χ2v) is 28.3. The lowest BCUT2D eigenvalue weighted by Gasteiger charge is -2.37. The third kappa shape index (κ3) is 19.2. The Labute approximate surface area is 582 Å². The van der Waals surface area contributed by atoms with Gasteiger partial charge in [-0.15, -0.1) is 0 Å². The molecule has 1 aliphatic carbocycles. The van der Waals surface area contributed by atoms with Gasteiger partial charge in [0.25, 0.3) is 0 Å². The number of rotatable bonds is 13. The number of halogens is 2. The van der Waals surface area contributed by atoms with Gasteiger partial charge in [0.1, 0.15) is 59.2 Å². The molecule has 10 atom stereocenters. The highest BCUT2D eigenvalue weighted by Gasteiger charge is 2.49. The number of aromatic nitrogens is 1. The van der Waals surface area contributed by atoms with Gasteiger partial charge in [-0.25, -0.2) is 8.78 Å². The Morgan fingerprint density at radius 1 is 0.768 bits per heavy atom. The SMILES string of the molecule is CO[C@@H](C)[C@@H]1NC(=O)[C@@H]2CCCN2C(=O)[C@H](CC2=CCc3ccc(F)cc32)NC(=O)[C@H](Cc2c[nH]c3ccc(F)cc23)CC(=O)[C@@H](C)NC(=O)[C@H](CCCCN)NC(=O)CCSCc2cccc(c2)CSC[C@@H](C(N)=O)NC(=O)[C@]2(C)CCCN2C(=O)[C@H](Cc2ccc(O)cc2)NC1=O. The van der Waals surface area contributed by atoms with E-state index in [2.05, 4.69) is 36.9 Å². The highest BCUT2D eigenvalue weighted by atomic mass is 32.2. The van der Waals surface area contributed by atoms with E-state index >= 15 is 18.8 Å². The van der Waals surface area contributed by atoms with Crippen LogP contribution in [-0.4, -0.2) is 171 Å². The zero-order valence-corrected chi connectivity index (χ0v) is 57.8. The number of carbonyl (C=O) groups excluding carboxylic acids is 10. The molecule has 12 N–H and O–H groups in total. The first kappa shape index (κ1) is 74.6. The van der Waals surface area contributed by atoms with E-state index in [1.54, 1.807) is 31.3 Å². The van der Waals surface area contributed by atoms with Crippen LogP contribution in [0.2, 0.25) is 0 Å². The van der Waals surface area contributed by atoms with Gasteiger partial charge in [0.15, 0.2) is 5.78 Å². The van der Waals surface area contributed by atoms with Gasteiger partial charge in [0.2, 0.25) is 53.2 Å².